The minimum Gasteiger partial charge on any atom is -0.504 e. The predicted molar refractivity (Wildman–Crippen MR) is 98.9 cm³/mol. The largest absolute Gasteiger partial charge is 0.504 e. The second kappa shape index (κ2) is 7.83. The Balaban J connectivity index is 1.72. The van der Waals surface area contributed by atoms with E-state index in [1.165, 1.54) is 12.1 Å². The van der Waals surface area contributed by atoms with Crippen LogP contribution in [0.5, 0.6) is 11.5 Å². The fourth-order valence-corrected chi connectivity index (χ4v) is 3.36. The normalized spacial score (nSPS) is 16.3. The van der Waals surface area contributed by atoms with Crippen LogP contribution in [-0.4, -0.2) is 34.1 Å². The fourth-order valence-electron chi connectivity index (χ4n) is 3.36. The summed E-state index contributed by atoms with van der Waals surface area (Å²) in [5.41, 5.74) is 1.94. The lowest BCUT2D eigenvalue weighted by atomic mass is 10.1. The van der Waals surface area contributed by atoms with E-state index in [4.69, 9.17) is 4.74 Å². The van der Waals surface area contributed by atoms with Crippen molar-refractivity contribution in [3.8, 4) is 11.5 Å². The van der Waals surface area contributed by atoms with E-state index in [-0.39, 0.29) is 11.5 Å². The van der Waals surface area contributed by atoms with Crippen molar-refractivity contribution in [2.24, 2.45) is 7.05 Å². The number of ether oxygens (including phenoxy) is 1. The summed E-state index contributed by atoms with van der Waals surface area (Å²) in [6, 6.07) is 4.77. The summed E-state index contributed by atoms with van der Waals surface area (Å²) in [4.78, 5) is 0. The van der Waals surface area contributed by atoms with Gasteiger partial charge in [-0.1, -0.05) is 12.1 Å². The van der Waals surface area contributed by atoms with Crippen LogP contribution in [0.3, 0.4) is 0 Å². The summed E-state index contributed by atoms with van der Waals surface area (Å²) in [6.07, 6.45) is 3.97. The standard InChI is InChI=1S/C20H25FN2O3/c1-3-26-20-15(21)5-6-16-19(20)14(12-23(16)2)8-9-22-11-13-4-7-17(24)18(25)10-13/h4,6-7,10,12,15,22,24-25H,3,5,8-9,11H2,1-2H3. The first-order valence-corrected chi connectivity index (χ1v) is 8.88. The molecule has 3 rings (SSSR count). The Kier molecular flexibility index (Phi) is 5.52. The molecule has 26 heavy (non-hydrogen) atoms. The molecular formula is C20H25FN2O3. The minimum atomic E-state index is -1.09. The number of nitrogens with zero attached hydrogens (tertiary/aromatic N) is 1. The summed E-state index contributed by atoms with van der Waals surface area (Å²) in [6.45, 7) is 3.60. The molecule has 6 heteroatoms. The van der Waals surface area contributed by atoms with Crippen molar-refractivity contribution in [1.82, 2.24) is 9.88 Å². The van der Waals surface area contributed by atoms with Crippen LogP contribution in [-0.2, 0) is 24.8 Å². The second-order valence-electron chi connectivity index (χ2n) is 6.48. The molecule has 1 aliphatic carbocycles. The number of phenols is 2. The van der Waals surface area contributed by atoms with Crippen molar-refractivity contribution in [2.45, 2.75) is 32.5 Å². The molecule has 0 amide bonds. The quantitative estimate of drug-likeness (QED) is 0.516. The van der Waals surface area contributed by atoms with Gasteiger partial charge in [0.05, 0.1) is 6.61 Å². The number of benzene rings is 1. The zero-order valence-electron chi connectivity index (χ0n) is 15.1. The summed E-state index contributed by atoms with van der Waals surface area (Å²) >= 11 is 0. The topological polar surface area (TPSA) is 66.7 Å². The minimum absolute atomic E-state index is 0.123. The van der Waals surface area contributed by atoms with E-state index in [9.17, 15) is 14.6 Å². The maximum atomic E-state index is 14.3. The van der Waals surface area contributed by atoms with Crippen LogP contribution in [0.25, 0.3) is 11.8 Å². The highest BCUT2D eigenvalue weighted by molar-refractivity contribution is 5.51. The molecule has 5 nitrogen and oxygen atoms in total. The van der Waals surface area contributed by atoms with Gasteiger partial charge in [-0.05, 0) is 43.1 Å². The number of nitrogens with one attached hydrogen (secondary N) is 1. The van der Waals surface area contributed by atoms with Crippen molar-refractivity contribution in [2.75, 3.05) is 13.2 Å². The first-order chi connectivity index (χ1) is 12.5. The van der Waals surface area contributed by atoms with Gasteiger partial charge in [-0.15, -0.1) is 0 Å². The summed E-state index contributed by atoms with van der Waals surface area (Å²) < 4.78 is 22.0. The lowest BCUT2D eigenvalue weighted by Gasteiger charge is -2.15. The fraction of sp³-hybridized carbons (Fsp3) is 0.400. The average Bonchev–Trinajstić information content (AvgIpc) is 2.93. The SMILES string of the molecule is CCOC1=c2c(CCNCc3ccc(O)c(O)c3)cn(C)c2=CCC1F. The maximum absolute atomic E-state index is 14.3. The first kappa shape index (κ1) is 18.3. The van der Waals surface area contributed by atoms with Gasteiger partial charge < -0.3 is 24.8 Å². The van der Waals surface area contributed by atoms with Gasteiger partial charge in [0.15, 0.2) is 17.7 Å². The number of hydrogen-bond donors (Lipinski definition) is 3. The van der Waals surface area contributed by atoms with E-state index < -0.39 is 6.17 Å². The Morgan fingerprint density at radius 3 is 2.85 bits per heavy atom. The zero-order chi connectivity index (χ0) is 18.7. The second-order valence-corrected chi connectivity index (χ2v) is 6.48. The van der Waals surface area contributed by atoms with Gasteiger partial charge >= 0.3 is 0 Å². The lowest BCUT2D eigenvalue weighted by molar-refractivity contribution is 0.232. The van der Waals surface area contributed by atoms with E-state index in [0.717, 1.165) is 28.1 Å². The van der Waals surface area contributed by atoms with Gasteiger partial charge in [0, 0.05) is 36.8 Å². The van der Waals surface area contributed by atoms with E-state index in [1.807, 2.05) is 30.8 Å². The lowest BCUT2D eigenvalue weighted by Crippen LogP contribution is -2.38. The highest BCUT2D eigenvalue weighted by atomic mass is 19.1. The third kappa shape index (κ3) is 3.70. The van der Waals surface area contributed by atoms with Gasteiger partial charge in [-0.2, -0.15) is 0 Å². The number of rotatable bonds is 7. The van der Waals surface area contributed by atoms with Crippen LogP contribution < -0.4 is 15.9 Å². The monoisotopic (exact) mass is 360 g/mol. The Morgan fingerprint density at radius 1 is 1.31 bits per heavy atom. The number of aromatic hydroxyl groups is 2. The molecule has 1 aliphatic rings. The summed E-state index contributed by atoms with van der Waals surface area (Å²) in [5, 5.41) is 24.1. The average molecular weight is 360 g/mol. The van der Waals surface area contributed by atoms with Gasteiger partial charge in [0.1, 0.15) is 5.76 Å². The van der Waals surface area contributed by atoms with Crippen LogP contribution in [0.4, 0.5) is 4.39 Å². The van der Waals surface area contributed by atoms with E-state index in [2.05, 4.69) is 5.32 Å². The molecule has 0 bridgehead atoms. The number of aromatic nitrogens is 1. The molecule has 1 aromatic heterocycles. The van der Waals surface area contributed by atoms with Crippen molar-refractivity contribution in [3.63, 3.8) is 0 Å². The van der Waals surface area contributed by atoms with E-state index >= 15 is 0 Å². The number of hydrogen-bond acceptors (Lipinski definition) is 4. The smallest absolute Gasteiger partial charge is 0.161 e. The summed E-state index contributed by atoms with van der Waals surface area (Å²) in [7, 11) is 1.97. The first-order valence-electron chi connectivity index (χ1n) is 8.88. The van der Waals surface area contributed by atoms with Crippen LogP contribution in [0.2, 0.25) is 0 Å². The Morgan fingerprint density at radius 2 is 2.12 bits per heavy atom. The molecule has 140 valence electrons. The highest BCUT2D eigenvalue weighted by Gasteiger charge is 2.21. The third-order valence-corrected chi connectivity index (χ3v) is 4.60. The molecule has 1 atom stereocenters. The number of phenolic OH excluding ortho intramolecular Hbond substituents is 2. The molecule has 1 heterocycles. The van der Waals surface area contributed by atoms with Crippen molar-refractivity contribution >= 4 is 11.8 Å². The van der Waals surface area contributed by atoms with Crippen LogP contribution in [0, 0.1) is 0 Å². The van der Waals surface area contributed by atoms with Gasteiger partial charge in [-0.25, -0.2) is 4.39 Å². The van der Waals surface area contributed by atoms with Crippen molar-refractivity contribution in [3.05, 3.63) is 46.1 Å². The summed E-state index contributed by atoms with van der Waals surface area (Å²) in [5.74, 6) is 0.201. The van der Waals surface area contributed by atoms with Gasteiger partial charge in [-0.3, -0.25) is 0 Å². The number of fused-ring (bicyclic) bond motifs is 1. The molecular weight excluding hydrogens is 335 g/mol. The number of aryl methyl sites for hydroxylation is 1. The Bertz CT molecular complexity index is 905. The molecule has 0 aliphatic heterocycles. The van der Waals surface area contributed by atoms with E-state index in [1.54, 1.807) is 6.07 Å². The predicted octanol–water partition coefficient (Wildman–Crippen LogP) is 1.44. The third-order valence-electron chi connectivity index (χ3n) is 4.60. The molecule has 1 unspecified atom stereocenters. The molecule has 1 aromatic carbocycles. The number of halogens is 1. The molecule has 0 radical (unpaired) electrons. The Hall–Kier alpha value is -2.47. The zero-order valence-corrected chi connectivity index (χ0v) is 15.1. The Labute approximate surface area is 152 Å². The van der Waals surface area contributed by atoms with Crippen LogP contribution >= 0.6 is 0 Å². The molecule has 0 spiro atoms. The maximum Gasteiger partial charge on any atom is 0.161 e. The van der Waals surface area contributed by atoms with E-state index in [0.29, 0.717) is 31.9 Å². The van der Waals surface area contributed by atoms with Gasteiger partial charge in [0.25, 0.3) is 0 Å². The number of alkyl halides is 1. The van der Waals surface area contributed by atoms with Crippen molar-refractivity contribution < 1.29 is 19.3 Å². The molecule has 3 N–H and O–H groups in total. The van der Waals surface area contributed by atoms with Crippen molar-refractivity contribution in [1.29, 1.82) is 0 Å². The molecule has 2 aromatic rings. The molecule has 0 saturated carbocycles. The van der Waals surface area contributed by atoms with Crippen LogP contribution in [0.1, 0.15) is 24.5 Å². The molecule has 0 saturated heterocycles. The molecule has 0 fully saturated rings. The highest BCUT2D eigenvalue weighted by Crippen LogP contribution is 2.24. The van der Waals surface area contributed by atoms with Crippen LogP contribution in [0.15, 0.2) is 24.4 Å². The van der Waals surface area contributed by atoms with Gasteiger partial charge in [0.2, 0.25) is 0 Å².